The van der Waals surface area contributed by atoms with Crippen molar-refractivity contribution in [2.75, 3.05) is 6.79 Å². The van der Waals surface area contributed by atoms with Gasteiger partial charge in [-0.05, 0) is 52.9 Å². The van der Waals surface area contributed by atoms with E-state index in [1.54, 1.807) is 6.07 Å². The van der Waals surface area contributed by atoms with Crippen LogP contribution in [0.5, 0.6) is 17.2 Å². The zero-order valence-corrected chi connectivity index (χ0v) is 14.0. The summed E-state index contributed by atoms with van der Waals surface area (Å²) in [5.41, 5.74) is 1.30. The van der Waals surface area contributed by atoms with E-state index in [0.717, 1.165) is 22.9 Å². The highest BCUT2D eigenvalue weighted by Crippen LogP contribution is 2.31. The van der Waals surface area contributed by atoms with E-state index < -0.39 is 0 Å². The normalized spacial score (nSPS) is 12.1. The third-order valence-corrected chi connectivity index (χ3v) is 4.33. The predicted octanol–water partition coefficient (Wildman–Crippen LogP) is 5.47. The van der Waals surface area contributed by atoms with Gasteiger partial charge in [0.05, 0.1) is 0 Å². The number of hydrogen-bond donors (Lipinski definition) is 1. The Hall–Kier alpha value is -2.68. The minimum absolute atomic E-state index is 0.0502. The molecule has 0 saturated heterocycles. The average molecular weight is 322 g/mol. The molecule has 0 heterocycles. The van der Waals surface area contributed by atoms with E-state index >= 15 is 0 Å². The molecule has 0 spiro atoms. The van der Waals surface area contributed by atoms with Gasteiger partial charge >= 0.3 is 0 Å². The lowest BCUT2D eigenvalue weighted by Gasteiger charge is -2.12. The van der Waals surface area contributed by atoms with E-state index in [2.05, 4.69) is 26.0 Å². The second-order valence-electron chi connectivity index (χ2n) is 5.95. The Morgan fingerprint density at radius 1 is 0.917 bits per heavy atom. The molecule has 3 heteroatoms. The van der Waals surface area contributed by atoms with Crippen LogP contribution in [0.15, 0.2) is 60.7 Å². The van der Waals surface area contributed by atoms with Crippen LogP contribution in [-0.4, -0.2) is 11.9 Å². The molecule has 3 aromatic carbocycles. The molecule has 0 aliphatic heterocycles. The Labute approximate surface area is 142 Å². The summed E-state index contributed by atoms with van der Waals surface area (Å²) < 4.78 is 11.2. The van der Waals surface area contributed by atoms with Crippen molar-refractivity contribution >= 4 is 10.8 Å². The summed E-state index contributed by atoms with van der Waals surface area (Å²) >= 11 is 0. The minimum atomic E-state index is 0.0502. The minimum Gasteiger partial charge on any atom is -0.504 e. The molecular formula is C21H22O3. The molecule has 0 fully saturated rings. The van der Waals surface area contributed by atoms with E-state index in [-0.39, 0.29) is 12.5 Å². The Morgan fingerprint density at radius 3 is 2.25 bits per heavy atom. The van der Waals surface area contributed by atoms with Gasteiger partial charge in [-0.1, -0.05) is 50.2 Å². The maximum Gasteiger partial charge on any atom is 0.231 e. The Bertz CT molecular complexity index is 809. The predicted molar refractivity (Wildman–Crippen MR) is 96.9 cm³/mol. The number of phenols is 1. The van der Waals surface area contributed by atoms with Crippen LogP contribution in [0.2, 0.25) is 0 Å². The van der Waals surface area contributed by atoms with Gasteiger partial charge in [0, 0.05) is 0 Å². The number of rotatable bonds is 6. The second-order valence-corrected chi connectivity index (χ2v) is 5.95. The molecule has 3 nitrogen and oxygen atoms in total. The van der Waals surface area contributed by atoms with E-state index in [4.69, 9.17) is 9.47 Å². The summed E-state index contributed by atoms with van der Waals surface area (Å²) in [6.07, 6.45) is 1.12. The number of ether oxygens (including phenoxy) is 2. The van der Waals surface area contributed by atoms with Crippen molar-refractivity contribution in [2.45, 2.75) is 26.2 Å². The first kappa shape index (κ1) is 16.2. The molecule has 0 bridgehead atoms. The quantitative estimate of drug-likeness (QED) is 0.611. The van der Waals surface area contributed by atoms with Gasteiger partial charge in [-0.15, -0.1) is 0 Å². The zero-order valence-electron chi connectivity index (χ0n) is 14.0. The topological polar surface area (TPSA) is 38.7 Å². The second kappa shape index (κ2) is 7.26. The average Bonchev–Trinajstić information content (AvgIpc) is 2.62. The summed E-state index contributed by atoms with van der Waals surface area (Å²) in [4.78, 5) is 0. The molecule has 0 aliphatic rings. The van der Waals surface area contributed by atoms with Crippen LogP contribution >= 0.6 is 0 Å². The molecule has 124 valence electrons. The summed E-state index contributed by atoms with van der Waals surface area (Å²) in [7, 11) is 0. The van der Waals surface area contributed by atoms with Crippen LogP contribution in [0.4, 0.5) is 0 Å². The monoisotopic (exact) mass is 322 g/mol. The summed E-state index contributed by atoms with van der Waals surface area (Å²) in [6.45, 7) is 4.44. The van der Waals surface area contributed by atoms with Gasteiger partial charge in [0.15, 0.2) is 11.5 Å². The molecule has 24 heavy (non-hydrogen) atoms. The van der Waals surface area contributed by atoms with E-state index in [9.17, 15) is 5.11 Å². The Balaban J connectivity index is 1.63. The Morgan fingerprint density at radius 2 is 1.58 bits per heavy atom. The van der Waals surface area contributed by atoms with Crippen LogP contribution in [-0.2, 0) is 0 Å². The highest BCUT2D eigenvalue weighted by atomic mass is 16.7. The smallest absolute Gasteiger partial charge is 0.231 e. The van der Waals surface area contributed by atoms with Crippen LogP contribution in [0, 0.1) is 0 Å². The zero-order chi connectivity index (χ0) is 16.9. The third-order valence-electron chi connectivity index (χ3n) is 4.33. The lowest BCUT2D eigenvalue weighted by atomic mass is 9.99. The SMILES string of the molecule is CCC(C)c1ccc(OCOc2cc3ccccc3cc2O)cc1. The summed E-state index contributed by atoms with van der Waals surface area (Å²) in [5, 5.41) is 12.0. The van der Waals surface area contributed by atoms with Crippen LogP contribution < -0.4 is 9.47 Å². The molecule has 3 aromatic rings. The van der Waals surface area contributed by atoms with Crippen molar-refractivity contribution < 1.29 is 14.6 Å². The van der Waals surface area contributed by atoms with Gasteiger partial charge in [0.1, 0.15) is 5.75 Å². The first-order valence-electron chi connectivity index (χ1n) is 8.24. The van der Waals surface area contributed by atoms with Crippen molar-refractivity contribution in [1.29, 1.82) is 0 Å². The third kappa shape index (κ3) is 3.62. The van der Waals surface area contributed by atoms with E-state index in [0.29, 0.717) is 11.7 Å². The van der Waals surface area contributed by atoms with Gasteiger partial charge < -0.3 is 14.6 Å². The van der Waals surface area contributed by atoms with Gasteiger partial charge in [0.25, 0.3) is 0 Å². The van der Waals surface area contributed by atoms with E-state index in [1.807, 2.05) is 42.5 Å². The van der Waals surface area contributed by atoms with Gasteiger partial charge in [-0.25, -0.2) is 0 Å². The number of benzene rings is 3. The van der Waals surface area contributed by atoms with Crippen molar-refractivity contribution in [3.63, 3.8) is 0 Å². The summed E-state index contributed by atoms with van der Waals surface area (Å²) in [5.74, 6) is 1.83. The van der Waals surface area contributed by atoms with Crippen molar-refractivity contribution in [3.05, 3.63) is 66.2 Å². The molecule has 0 aliphatic carbocycles. The molecular weight excluding hydrogens is 300 g/mol. The molecule has 1 N–H and O–H groups in total. The maximum atomic E-state index is 10.0. The van der Waals surface area contributed by atoms with E-state index in [1.165, 1.54) is 5.56 Å². The van der Waals surface area contributed by atoms with Crippen LogP contribution in [0.3, 0.4) is 0 Å². The van der Waals surface area contributed by atoms with Crippen LogP contribution in [0.25, 0.3) is 10.8 Å². The molecule has 0 amide bonds. The highest BCUT2D eigenvalue weighted by Gasteiger charge is 2.06. The standard InChI is InChI=1S/C21H22O3/c1-3-15(2)16-8-10-19(11-9-16)23-14-24-21-13-18-7-5-4-6-17(18)12-20(21)22/h4-13,15,22H,3,14H2,1-2H3. The molecule has 0 aromatic heterocycles. The van der Waals surface area contributed by atoms with Crippen molar-refractivity contribution in [1.82, 2.24) is 0 Å². The first-order chi connectivity index (χ1) is 11.7. The molecule has 3 rings (SSSR count). The number of phenolic OH excluding ortho intramolecular Hbond substituents is 1. The molecule has 0 radical (unpaired) electrons. The summed E-state index contributed by atoms with van der Waals surface area (Å²) in [6, 6.07) is 19.4. The first-order valence-corrected chi connectivity index (χ1v) is 8.24. The lowest BCUT2D eigenvalue weighted by molar-refractivity contribution is 0.116. The lowest BCUT2D eigenvalue weighted by Crippen LogP contribution is -2.06. The van der Waals surface area contributed by atoms with Crippen LogP contribution in [0.1, 0.15) is 31.7 Å². The fourth-order valence-electron chi connectivity index (χ4n) is 2.61. The van der Waals surface area contributed by atoms with Gasteiger partial charge in [0.2, 0.25) is 6.79 Å². The molecule has 0 saturated carbocycles. The van der Waals surface area contributed by atoms with Gasteiger partial charge in [-0.3, -0.25) is 0 Å². The van der Waals surface area contributed by atoms with Crippen molar-refractivity contribution in [3.8, 4) is 17.2 Å². The largest absolute Gasteiger partial charge is 0.504 e. The number of fused-ring (bicyclic) bond motifs is 1. The Kier molecular flexibility index (Phi) is 4.90. The molecule has 1 unspecified atom stereocenters. The number of hydrogen-bond acceptors (Lipinski definition) is 3. The fraction of sp³-hybridized carbons (Fsp3) is 0.238. The van der Waals surface area contributed by atoms with Gasteiger partial charge in [-0.2, -0.15) is 0 Å². The maximum absolute atomic E-state index is 10.0. The molecule has 1 atom stereocenters. The highest BCUT2D eigenvalue weighted by molar-refractivity contribution is 5.85. The fourth-order valence-corrected chi connectivity index (χ4v) is 2.61. The van der Waals surface area contributed by atoms with Crippen molar-refractivity contribution in [2.24, 2.45) is 0 Å². The number of aromatic hydroxyl groups is 1.